The lowest BCUT2D eigenvalue weighted by Gasteiger charge is -2.39. The van der Waals surface area contributed by atoms with Gasteiger partial charge in [0.1, 0.15) is 0 Å². The summed E-state index contributed by atoms with van der Waals surface area (Å²) >= 11 is 0. The van der Waals surface area contributed by atoms with E-state index in [0.717, 1.165) is 12.8 Å². The van der Waals surface area contributed by atoms with E-state index in [4.69, 9.17) is 5.73 Å². The molecule has 1 saturated carbocycles. The molecule has 1 amide bonds. The minimum Gasteiger partial charge on any atom is -0.399 e. The summed E-state index contributed by atoms with van der Waals surface area (Å²) in [6, 6.07) is 7.01. The van der Waals surface area contributed by atoms with E-state index in [0.29, 0.717) is 11.3 Å². The number of rotatable bonds is 2. The van der Waals surface area contributed by atoms with Crippen LogP contribution in [-0.2, 0) is 0 Å². The third-order valence-electron chi connectivity index (χ3n) is 3.05. The van der Waals surface area contributed by atoms with Crippen LogP contribution in [0.2, 0.25) is 0 Å². The first-order valence-electron chi connectivity index (χ1n) is 5.27. The van der Waals surface area contributed by atoms with Gasteiger partial charge >= 0.3 is 0 Å². The number of nitrogens with two attached hydrogens (primary N) is 1. The van der Waals surface area contributed by atoms with Crippen LogP contribution in [0.4, 0.5) is 5.69 Å². The number of hydrogen-bond donors (Lipinski definition) is 2. The summed E-state index contributed by atoms with van der Waals surface area (Å²) in [5.41, 5.74) is 6.93. The average molecular weight is 204 g/mol. The number of nitrogens with one attached hydrogen (secondary N) is 1. The lowest BCUT2D eigenvalue weighted by molar-refractivity contribution is 0.0850. The Labute approximate surface area is 89.7 Å². The molecule has 0 bridgehead atoms. The summed E-state index contributed by atoms with van der Waals surface area (Å²) in [5.74, 6) is -0.00259. The number of anilines is 1. The van der Waals surface area contributed by atoms with E-state index in [-0.39, 0.29) is 11.4 Å². The van der Waals surface area contributed by atoms with Crippen molar-refractivity contribution in [2.24, 2.45) is 0 Å². The van der Waals surface area contributed by atoms with Gasteiger partial charge in [-0.05, 0) is 50.5 Å². The van der Waals surface area contributed by atoms with Crippen molar-refractivity contribution in [1.29, 1.82) is 0 Å². The maximum atomic E-state index is 11.8. The van der Waals surface area contributed by atoms with Crippen LogP contribution in [0.3, 0.4) is 0 Å². The van der Waals surface area contributed by atoms with Gasteiger partial charge in [-0.1, -0.05) is 0 Å². The second-order valence-electron chi connectivity index (χ2n) is 4.49. The van der Waals surface area contributed by atoms with E-state index in [2.05, 4.69) is 12.2 Å². The molecule has 1 aliphatic carbocycles. The largest absolute Gasteiger partial charge is 0.399 e. The maximum absolute atomic E-state index is 11.8. The van der Waals surface area contributed by atoms with Gasteiger partial charge in [-0.2, -0.15) is 0 Å². The fourth-order valence-electron chi connectivity index (χ4n) is 1.81. The van der Waals surface area contributed by atoms with Gasteiger partial charge in [0.15, 0.2) is 0 Å². The van der Waals surface area contributed by atoms with Gasteiger partial charge in [0.25, 0.3) is 5.91 Å². The summed E-state index contributed by atoms with van der Waals surface area (Å²) in [5, 5.41) is 3.05. The van der Waals surface area contributed by atoms with E-state index < -0.39 is 0 Å². The first-order valence-corrected chi connectivity index (χ1v) is 5.27. The summed E-state index contributed by atoms with van der Waals surface area (Å²) in [6.07, 6.45) is 3.36. The minimum atomic E-state index is -0.00259. The zero-order valence-electron chi connectivity index (χ0n) is 8.92. The third-order valence-corrected chi connectivity index (χ3v) is 3.05. The Hall–Kier alpha value is -1.51. The monoisotopic (exact) mass is 204 g/mol. The molecule has 1 aromatic carbocycles. The molecule has 0 unspecified atom stereocenters. The first-order chi connectivity index (χ1) is 7.09. The zero-order valence-corrected chi connectivity index (χ0v) is 8.92. The summed E-state index contributed by atoms with van der Waals surface area (Å²) < 4.78 is 0. The van der Waals surface area contributed by atoms with Crippen molar-refractivity contribution >= 4 is 11.6 Å². The minimum absolute atomic E-state index is 0.00259. The zero-order chi connectivity index (χ0) is 10.9. The van der Waals surface area contributed by atoms with Crippen molar-refractivity contribution in [2.75, 3.05) is 5.73 Å². The summed E-state index contributed by atoms with van der Waals surface area (Å²) in [4.78, 5) is 11.8. The fourth-order valence-corrected chi connectivity index (χ4v) is 1.81. The third kappa shape index (κ3) is 2.12. The van der Waals surface area contributed by atoms with Crippen molar-refractivity contribution in [2.45, 2.75) is 31.7 Å². The normalized spacial score (nSPS) is 17.9. The van der Waals surface area contributed by atoms with Crippen LogP contribution in [0.15, 0.2) is 24.3 Å². The Morgan fingerprint density at radius 3 is 2.40 bits per heavy atom. The molecule has 1 aliphatic rings. The standard InChI is InChI=1S/C12H16N2O/c1-12(7-2-8-12)14-11(15)9-3-5-10(13)6-4-9/h3-6H,2,7-8,13H2,1H3,(H,14,15). The maximum Gasteiger partial charge on any atom is 0.251 e. The van der Waals surface area contributed by atoms with Gasteiger partial charge in [0.2, 0.25) is 0 Å². The highest BCUT2D eigenvalue weighted by molar-refractivity contribution is 5.95. The van der Waals surface area contributed by atoms with Crippen molar-refractivity contribution in [3.05, 3.63) is 29.8 Å². The van der Waals surface area contributed by atoms with Crippen LogP contribution in [0, 0.1) is 0 Å². The van der Waals surface area contributed by atoms with Gasteiger partial charge in [0.05, 0.1) is 0 Å². The van der Waals surface area contributed by atoms with E-state index in [9.17, 15) is 4.79 Å². The molecular formula is C12H16N2O. The fraction of sp³-hybridized carbons (Fsp3) is 0.417. The number of nitrogen functional groups attached to an aromatic ring is 1. The Morgan fingerprint density at radius 1 is 1.33 bits per heavy atom. The van der Waals surface area contributed by atoms with Gasteiger partial charge in [-0.3, -0.25) is 4.79 Å². The Bertz CT molecular complexity index is 366. The molecule has 0 spiro atoms. The molecule has 0 heterocycles. The molecule has 1 aromatic rings. The number of carbonyl (C=O) groups is 1. The lowest BCUT2D eigenvalue weighted by Crippen LogP contribution is -2.50. The Kier molecular flexibility index (Phi) is 2.39. The van der Waals surface area contributed by atoms with Crippen LogP contribution in [0.1, 0.15) is 36.5 Å². The molecule has 3 heteroatoms. The average Bonchev–Trinajstić information content (AvgIpc) is 2.16. The second-order valence-corrected chi connectivity index (χ2v) is 4.49. The second kappa shape index (κ2) is 3.57. The first kappa shape index (κ1) is 10.0. The molecule has 0 aliphatic heterocycles. The highest BCUT2D eigenvalue weighted by Crippen LogP contribution is 2.31. The molecule has 0 radical (unpaired) electrons. The Morgan fingerprint density at radius 2 is 1.93 bits per heavy atom. The van der Waals surface area contributed by atoms with Crippen LogP contribution in [0.5, 0.6) is 0 Å². The van der Waals surface area contributed by atoms with Gasteiger partial charge < -0.3 is 11.1 Å². The number of benzene rings is 1. The van der Waals surface area contributed by atoms with E-state index in [1.54, 1.807) is 24.3 Å². The highest BCUT2D eigenvalue weighted by Gasteiger charge is 2.33. The topological polar surface area (TPSA) is 55.1 Å². The van der Waals surface area contributed by atoms with Gasteiger partial charge in [-0.25, -0.2) is 0 Å². The molecule has 3 nitrogen and oxygen atoms in total. The number of hydrogen-bond acceptors (Lipinski definition) is 2. The molecule has 0 aromatic heterocycles. The predicted octanol–water partition coefficient (Wildman–Crippen LogP) is 1.94. The van der Waals surface area contributed by atoms with Crippen LogP contribution >= 0.6 is 0 Å². The Balaban J connectivity index is 2.04. The molecule has 80 valence electrons. The molecule has 2 rings (SSSR count). The van der Waals surface area contributed by atoms with Crippen molar-refractivity contribution in [3.8, 4) is 0 Å². The van der Waals surface area contributed by atoms with Crippen molar-refractivity contribution < 1.29 is 4.79 Å². The molecule has 3 N–H and O–H groups in total. The van der Waals surface area contributed by atoms with Crippen LogP contribution in [-0.4, -0.2) is 11.4 Å². The lowest BCUT2D eigenvalue weighted by atomic mass is 9.78. The van der Waals surface area contributed by atoms with E-state index in [1.807, 2.05) is 0 Å². The SMILES string of the molecule is CC1(NC(=O)c2ccc(N)cc2)CCC1. The van der Waals surface area contributed by atoms with E-state index in [1.165, 1.54) is 6.42 Å². The highest BCUT2D eigenvalue weighted by atomic mass is 16.1. The molecule has 0 saturated heterocycles. The molecular weight excluding hydrogens is 188 g/mol. The molecule has 1 fully saturated rings. The summed E-state index contributed by atoms with van der Waals surface area (Å²) in [7, 11) is 0. The van der Waals surface area contributed by atoms with Crippen molar-refractivity contribution in [1.82, 2.24) is 5.32 Å². The molecule has 15 heavy (non-hydrogen) atoms. The molecule has 0 atom stereocenters. The van der Waals surface area contributed by atoms with Crippen molar-refractivity contribution in [3.63, 3.8) is 0 Å². The van der Waals surface area contributed by atoms with E-state index >= 15 is 0 Å². The van der Waals surface area contributed by atoms with Gasteiger partial charge in [0, 0.05) is 16.8 Å². The number of amides is 1. The number of carbonyl (C=O) groups excluding carboxylic acids is 1. The quantitative estimate of drug-likeness (QED) is 0.723. The summed E-state index contributed by atoms with van der Waals surface area (Å²) in [6.45, 7) is 2.09. The van der Waals surface area contributed by atoms with Gasteiger partial charge in [-0.15, -0.1) is 0 Å². The van der Waals surface area contributed by atoms with Crippen LogP contribution in [0.25, 0.3) is 0 Å². The smallest absolute Gasteiger partial charge is 0.251 e. The van der Waals surface area contributed by atoms with Crippen LogP contribution < -0.4 is 11.1 Å². The predicted molar refractivity (Wildman–Crippen MR) is 60.6 cm³/mol.